The zero-order valence-corrected chi connectivity index (χ0v) is 18.1. The van der Waals surface area contributed by atoms with Gasteiger partial charge in [-0.25, -0.2) is 0 Å². The topological polar surface area (TPSA) is 35.2 Å². The van der Waals surface area contributed by atoms with Crippen molar-refractivity contribution >= 4 is 8.32 Å². The summed E-state index contributed by atoms with van der Waals surface area (Å²) in [6, 6.07) is 0. The molecule has 0 heterocycles. The molecule has 0 unspecified atom stereocenters. The van der Waals surface area contributed by atoms with Crippen molar-refractivity contribution in [2.75, 3.05) is 6.54 Å². The summed E-state index contributed by atoms with van der Waals surface area (Å²) in [6.45, 7) is 21.9. The monoisotopic (exact) mass is 339 g/mol. The maximum atomic E-state index is 6.95. The van der Waals surface area contributed by atoms with Crippen LogP contribution in [0.25, 0.3) is 0 Å². The quantitative estimate of drug-likeness (QED) is 0.594. The lowest BCUT2D eigenvalue weighted by atomic mass is 9.71. The minimum atomic E-state index is -1.86. The molecular formula is C20H41NOSi. The maximum Gasteiger partial charge on any atom is 0.258 e. The van der Waals surface area contributed by atoms with Gasteiger partial charge in [0.05, 0.1) is 5.76 Å². The molecule has 136 valence electrons. The molecule has 0 aromatic rings. The van der Waals surface area contributed by atoms with Gasteiger partial charge in [-0.05, 0) is 46.9 Å². The molecule has 0 aromatic carbocycles. The van der Waals surface area contributed by atoms with Crippen LogP contribution in [0.4, 0.5) is 0 Å². The molecule has 0 fully saturated rings. The van der Waals surface area contributed by atoms with Crippen LogP contribution in [0, 0.1) is 17.3 Å². The normalized spacial score (nSPS) is 23.6. The maximum absolute atomic E-state index is 6.95. The molecule has 0 bridgehead atoms. The van der Waals surface area contributed by atoms with Crippen molar-refractivity contribution in [1.29, 1.82) is 0 Å². The van der Waals surface area contributed by atoms with Crippen molar-refractivity contribution in [3.8, 4) is 0 Å². The Morgan fingerprint density at radius 2 is 1.57 bits per heavy atom. The fourth-order valence-corrected chi connectivity index (χ4v) is 9.95. The molecule has 1 aliphatic carbocycles. The third-order valence-electron chi connectivity index (χ3n) is 6.09. The predicted octanol–water partition coefficient (Wildman–Crippen LogP) is 6.09. The van der Waals surface area contributed by atoms with Crippen LogP contribution in [0.3, 0.4) is 0 Å². The van der Waals surface area contributed by atoms with Crippen LogP contribution in [-0.2, 0) is 4.43 Å². The first-order valence-electron chi connectivity index (χ1n) is 9.55. The first-order valence-corrected chi connectivity index (χ1v) is 11.7. The molecule has 2 atom stereocenters. The van der Waals surface area contributed by atoms with Crippen molar-refractivity contribution in [2.24, 2.45) is 23.0 Å². The molecule has 0 saturated carbocycles. The Hall–Kier alpha value is -0.283. The van der Waals surface area contributed by atoms with Crippen molar-refractivity contribution < 1.29 is 4.43 Å². The molecule has 2 N–H and O–H groups in total. The fraction of sp³-hybridized carbons (Fsp3) is 0.900. The van der Waals surface area contributed by atoms with Gasteiger partial charge in [-0.3, -0.25) is 0 Å². The number of rotatable bonds is 6. The molecular weight excluding hydrogens is 298 g/mol. The Morgan fingerprint density at radius 1 is 1.09 bits per heavy atom. The zero-order valence-electron chi connectivity index (χ0n) is 17.1. The van der Waals surface area contributed by atoms with Crippen LogP contribution in [0.15, 0.2) is 11.8 Å². The van der Waals surface area contributed by atoms with Crippen molar-refractivity contribution in [3.63, 3.8) is 0 Å². The standard InChI is InChI=1S/C20H41NOSi/c1-14(2)23(15(3)4,16(5)6)22-19-11-10-18(20(7,8)9)12-17(19)13-21/h11,14-18H,10,12-13,21H2,1-9H3/t17-,18-/m1/s1. The van der Waals surface area contributed by atoms with E-state index < -0.39 is 8.32 Å². The number of allylic oxidation sites excluding steroid dienone is 1. The van der Waals surface area contributed by atoms with E-state index >= 15 is 0 Å². The van der Waals surface area contributed by atoms with E-state index in [9.17, 15) is 0 Å². The fourth-order valence-electron chi connectivity index (χ4n) is 4.58. The van der Waals surface area contributed by atoms with Crippen LogP contribution in [0.5, 0.6) is 0 Å². The largest absolute Gasteiger partial charge is 0.546 e. The SMILES string of the molecule is CC(C)[Si](OC1=CC[C@@H](C(C)(C)C)C[C@@H]1CN)(C(C)C)C(C)C. The van der Waals surface area contributed by atoms with Gasteiger partial charge in [0, 0.05) is 12.5 Å². The van der Waals surface area contributed by atoms with Gasteiger partial charge in [0.15, 0.2) is 0 Å². The highest BCUT2D eigenvalue weighted by atomic mass is 28.4. The van der Waals surface area contributed by atoms with Crippen LogP contribution in [0.2, 0.25) is 16.6 Å². The van der Waals surface area contributed by atoms with Crippen LogP contribution in [-0.4, -0.2) is 14.9 Å². The average molecular weight is 340 g/mol. The summed E-state index contributed by atoms with van der Waals surface area (Å²) in [5, 5.41) is 0. The third kappa shape index (κ3) is 4.42. The van der Waals surface area contributed by atoms with Gasteiger partial charge in [0.1, 0.15) is 0 Å². The predicted molar refractivity (Wildman–Crippen MR) is 105 cm³/mol. The molecule has 3 heteroatoms. The highest BCUT2D eigenvalue weighted by Crippen LogP contribution is 2.47. The van der Waals surface area contributed by atoms with Crippen LogP contribution >= 0.6 is 0 Å². The summed E-state index contributed by atoms with van der Waals surface area (Å²) in [6.07, 6.45) is 4.69. The van der Waals surface area contributed by atoms with E-state index in [0.717, 1.165) is 6.42 Å². The summed E-state index contributed by atoms with van der Waals surface area (Å²) in [7, 11) is -1.86. The Labute approximate surface area is 146 Å². The molecule has 0 aliphatic heterocycles. The van der Waals surface area contributed by atoms with E-state index in [1.165, 1.54) is 12.2 Å². The lowest BCUT2D eigenvalue weighted by molar-refractivity contribution is 0.169. The summed E-state index contributed by atoms with van der Waals surface area (Å²) in [5.41, 5.74) is 8.33. The number of hydrogen-bond donors (Lipinski definition) is 1. The van der Waals surface area contributed by atoms with Gasteiger partial charge in [-0.1, -0.05) is 62.3 Å². The molecule has 23 heavy (non-hydrogen) atoms. The first-order chi connectivity index (χ1) is 10.5. The van der Waals surface area contributed by atoms with E-state index in [4.69, 9.17) is 10.2 Å². The zero-order chi connectivity index (χ0) is 18.0. The molecule has 0 saturated heterocycles. The van der Waals surface area contributed by atoms with Gasteiger partial charge in [0.25, 0.3) is 8.32 Å². The number of nitrogens with two attached hydrogens (primary N) is 1. The smallest absolute Gasteiger partial charge is 0.258 e. The highest BCUT2D eigenvalue weighted by molar-refractivity contribution is 6.77. The van der Waals surface area contributed by atoms with Gasteiger partial charge in [0.2, 0.25) is 0 Å². The van der Waals surface area contributed by atoms with Crippen molar-refractivity contribution in [1.82, 2.24) is 0 Å². The van der Waals surface area contributed by atoms with Gasteiger partial charge >= 0.3 is 0 Å². The molecule has 2 nitrogen and oxygen atoms in total. The minimum absolute atomic E-state index is 0.345. The molecule has 0 aromatic heterocycles. The Bertz CT molecular complexity index is 385. The first kappa shape index (κ1) is 20.8. The second-order valence-electron chi connectivity index (χ2n) is 9.49. The van der Waals surface area contributed by atoms with Crippen LogP contribution < -0.4 is 5.73 Å². The van der Waals surface area contributed by atoms with Crippen molar-refractivity contribution in [2.45, 2.75) is 91.8 Å². The summed E-state index contributed by atoms with van der Waals surface area (Å²) in [4.78, 5) is 0. The van der Waals surface area contributed by atoms with E-state index in [2.05, 4.69) is 68.4 Å². The Balaban J connectivity index is 3.11. The molecule has 1 aliphatic rings. The highest BCUT2D eigenvalue weighted by Gasteiger charge is 2.48. The molecule has 1 rings (SSSR count). The Kier molecular flexibility index (Phi) is 6.98. The van der Waals surface area contributed by atoms with Crippen LogP contribution in [0.1, 0.15) is 75.2 Å². The summed E-state index contributed by atoms with van der Waals surface area (Å²) >= 11 is 0. The summed E-state index contributed by atoms with van der Waals surface area (Å²) in [5.74, 6) is 2.32. The molecule has 0 radical (unpaired) electrons. The van der Waals surface area contributed by atoms with Gasteiger partial charge in [-0.15, -0.1) is 0 Å². The lowest BCUT2D eigenvalue weighted by Gasteiger charge is -2.46. The molecule has 0 amide bonds. The minimum Gasteiger partial charge on any atom is -0.546 e. The van der Waals surface area contributed by atoms with Gasteiger partial charge < -0.3 is 10.2 Å². The third-order valence-corrected chi connectivity index (χ3v) is 12.1. The Morgan fingerprint density at radius 3 is 1.91 bits per heavy atom. The van der Waals surface area contributed by atoms with E-state index in [1.54, 1.807) is 0 Å². The van der Waals surface area contributed by atoms with Gasteiger partial charge in [-0.2, -0.15) is 0 Å². The molecule has 0 spiro atoms. The number of hydrogen-bond acceptors (Lipinski definition) is 2. The second-order valence-corrected chi connectivity index (χ2v) is 14.9. The van der Waals surface area contributed by atoms with E-state index in [0.29, 0.717) is 40.4 Å². The summed E-state index contributed by atoms with van der Waals surface area (Å²) < 4.78 is 6.95. The van der Waals surface area contributed by atoms with Crippen molar-refractivity contribution in [3.05, 3.63) is 11.8 Å². The van der Waals surface area contributed by atoms with E-state index in [-0.39, 0.29) is 0 Å². The lowest BCUT2D eigenvalue weighted by Crippen LogP contribution is -2.49. The van der Waals surface area contributed by atoms with E-state index in [1.807, 2.05) is 0 Å². The average Bonchev–Trinajstić information content (AvgIpc) is 2.42. The second kappa shape index (κ2) is 7.73.